The third-order valence-electron chi connectivity index (χ3n) is 3.67. The van der Waals surface area contributed by atoms with E-state index >= 15 is 0 Å². The molecular formula is C18H18ClF3N2OS. The van der Waals surface area contributed by atoms with Crippen molar-refractivity contribution < 1.29 is 18.0 Å². The van der Waals surface area contributed by atoms with E-state index in [1.807, 2.05) is 39.0 Å². The Labute approximate surface area is 159 Å². The number of hydrogen-bond acceptors (Lipinski definition) is 3. The molecule has 2 rings (SSSR count). The maximum Gasteiger partial charge on any atom is 0.417 e. The van der Waals surface area contributed by atoms with E-state index in [-0.39, 0.29) is 27.6 Å². The highest BCUT2D eigenvalue weighted by Gasteiger charge is 2.31. The lowest BCUT2D eigenvalue weighted by Crippen LogP contribution is -2.17. The first-order valence-electron chi connectivity index (χ1n) is 7.84. The number of benzene rings is 1. The SMILES string of the molecule is Cc1cccc(C(C)C)c1NC(=O)CSc1ncc(C(F)(F)F)cc1Cl. The van der Waals surface area contributed by atoms with Crippen LogP contribution in [0.5, 0.6) is 0 Å². The number of para-hydroxylation sites is 1. The van der Waals surface area contributed by atoms with E-state index in [0.717, 1.165) is 34.6 Å². The highest BCUT2D eigenvalue weighted by molar-refractivity contribution is 8.00. The van der Waals surface area contributed by atoms with E-state index in [1.165, 1.54) is 0 Å². The Kier molecular flexibility index (Phi) is 6.58. The predicted octanol–water partition coefficient (Wildman–Crippen LogP) is 5.92. The molecule has 0 bridgehead atoms. The van der Waals surface area contributed by atoms with Gasteiger partial charge in [0.15, 0.2) is 0 Å². The number of nitrogens with one attached hydrogen (secondary N) is 1. The highest BCUT2D eigenvalue weighted by Crippen LogP contribution is 2.34. The van der Waals surface area contributed by atoms with Gasteiger partial charge in [-0.1, -0.05) is 55.4 Å². The average Bonchev–Trinajstić information content (AvgIpc) is 2.54. The molecular weight excluding hydrogens is 385 g/mol. The van der Waals surface area contributed by atoms with Crippen molar-refractivity contribution in [3.05, 3.63) is 52.2 Å². The van der Waals surface area contributed by atoms with Gasteiger partial charge in [-0.05, 0) is 30.0 Å². The highest BCUT2D eigenvalue weighted by atomic mass is 35.5. The molecule has 2 aromatic rings. The minimum absolute atomic E-state index is 0.00997. The zero-order chi connectivity index (χ0) is 19.5. The summed E-state index contributed by atoms with van der Waals surface area (Å²) in [5.41, 5.74) is 1.81. The number of aromatic nitrogens is 1. The van der Waals surface area contributed by atoms with Crippen molar-refractivity contribution >= 4 is 35.0 Å². The van der Waals surface area contributed by atoms with Crippen molar-refractivity contribution in [2.24, 2.45) is 0 Å². The van der Waals surface area contributed by atoms with Crippen LogP contribution in [0.25, 0.3) is 0 Å². The summed E-state index contributed by atoms with van der Waals surface area (Å²) in [4.78, 5) is 16.0. The van der Waals surface area contributed by atoms with Crippen molar-refractivity contribution in [3.63, 3.8) is 0 Å². The summed E-state index contributed by atoms with van der Waals surface area (Å²) in [5, 5.41) is 2.93. The van der Waals surface area contributed by atoms with Crippen molar-refractivity contribution in [1.29, 1.82) is 0 Å². The van der Waals surface area contributed by atoms with Gasteiger partial charge in [0.25, 0.3) is 0 Å². The minimum Gasteiger partial charge on any atom is -0.325 e. The number of anilines is 1. The Morgan fingerprint density at radius 2 is 2.04 bits per heavy atom. The molecule has 0 spiro atoms. The summed E-state index contributed by atoms with van der Waals surface area (Å²) in [6.07, 6.45) is -3.79. The van der Waals surface area contributed by atoms with Gasteiger partial charge in [0.1, 0.15) is 5.03 Å². The number of nitrogens with zero attached hydrogens (tertiary/aromatic N) is 1. The molecule has 0 unspecified atom stereocenters. The van der Waals surface area contributed by atoms with Crippen LogP contribution in [0.1, 0.15) is 36.5 Å². The zero-order valence-corrected chi connectivity index (χ0v) is 16.0. The molecule has 8 heteroatoms. The Hall–Kier alpha value is -1.73. The molecule has 1 aromatic heterocycles. The molecule has 140 valence electrons. The second-order valence-electron chi connectivity index (χ2n) is 6.04. The van der Waals surface area contributed by atoms with E-state index in [4.69, 9.17) is 11.6 Å². The summed E-state index contributed by atoms with van der Waals surface area (Å²) >= 11 is 6.85. The molecule has 3 nitrogen and oxygen atoms in total. The van der Waals surface area contributed by atoms with Crippen molar-refractivity contribution in [2.45, 2.75) is 37.9 Å². The molecule has 1 aromatic carbocycles. The van der Waals surface area contributed by atoms with Gasteiger partial charge in [0.05, 0.1) is 16.3 Å². The summed E-state index contributed by atoms with van der Waals surface area (Å²) < 4.78 is 37.9. The molecule has 0 saturated heterocycles. The minimum atomic E-state index is -4.50. The smallest absolute Gasteiger partial charge is 0.325 e. The average molecular weight is 403 g/mol. The Bertz CT molecular complexity index is 810. The first-order chi connectivity index (χ1) is 12.1. The first kappa shape index (κ1) is 20.6. The summed E-state index contributed by atoms with van der Waals surface area (Å²) in [6, 6.07) is 6.60. The van der Waals surface area contributed by atoms with Gasteiger partial charge >= 0.3 is 6.18 Å². The molecule has 0 aliphatic carbocycles. The van der Waals surface area contributed by atoms with E-state index in [1.54, 1.807) is 0 Å². The summed E-state index contributed by atoms with van der Waals surface area (Å²) in [7, 11) is 0. The van der Waals surface area contributed by atoms with E-state index in [9.17, 15) is 18.0 Å². The van der Waals surface area contributed by atoms with E-state index in [0.29, 0.717) is 6.20 Å². The quantitative estimate of drug-likeness (QED) is 0.631. The van der Waals surface area contributed by atoms with Crippen LogP contribution < -0.4 is 5.32 Å². The molecule has 0 fully saturated rings. The Morgan fingerprint density at radius 3 is 2.62 bits per heavy atom. The van der Waals surface area contributed by atoms with Crippen molar-refractivity contribution in [2.75, 3.05) is 11.1 Å². The van der Waals surface area contributed by atoms with Crippen LogP contribution in [0.4, 0.5) is 18.9 Å². The third-order valence-corrected chi connectivity index (χ3v) is 5.07. The Balaban J connectivity index is 2.07. The molecule has 26 heavy (non-hydrogen) atoms. The molecule has 0 radical (unpaired) electrons. The number of carbonyl (C=O) groups is 1. The first-order valence-corrected chi connectivity index (χ1v) is 9.21. The second-order valence-corrected chi connectivity index (χ2v) is 7.41. The largest absolute Gasteiger partial charge is 0.417 e. The normalized spacial score (nSPS) is 11.7. The number of carbonyl (C=O) groups excluding carboxylic acids is 1. The standard InChI is InChI=1S/C18H18ClF3N2OS/c1-10(2)13-6-4-5-11(3)16(13)24-15(25)9-26-17-14(19)7-12(8-23-17)18(20,21)22/h4-8,10H,9H2,1-3H3,(H,24,25). The van der Waals surface area contributed by atoms with Gasteiger partial charge in [0.2, 0.25) is 5.91 Å². The maximum absolute atomic E-state index is 12.6. The monoisotopic (exact) mass is 402 g/mol. The molecule has 0 atom stereocenters. The van der Waals surface area contributed by atoms with Crippen LogP contribution in [0.15, 0.2) is 35.5 Å². The van der Waals surface area contributed by atoms with Crippen molar-refractivity contribution in [3.8, 4) is 0 Å². The molecule has 1 heterocycles. The number of rotatable bonds is 5. The third kappa shape index (κ3) is 5.14. The molecule has 1 amide bonds. The molecule has 1 N–H and O–H groups in total. The fourth-order valence-corrected chi connectivity index (χ4v) is 3.33. The van der Waals surface area contributed by atoms with Crippen LogP contribution in [0, 0.1) is 6.92 Å². The van der Waals surface area contributed by atoms with Crippen molar-refractivity contribution in [1.82, 2.24) is 4.98 Å². The molecule has 0 aliphatic heterocycles. The number of aryl methyl sites for hydroxylation is 1. The van der Waals surface area contributed by atoms with Gasteiger partial charge in [-0.2, -0.15) is 13.2 Å². The summed E-state index contributed by atoms with van der Waals surface area (Å²) in [5.74, 6) is -0.0444. The number of thioether (sulfide) groups is 1. The fourth-order valence-electron chi connectivity index (χ4n) is 2.34. The predicted molar refractivity (Wildman–Crippen MR) is 98.9 cm³/mol. The number of hydrogen-bond donors (Lipinski definition) is 1. The number of alkyl halides is 3. The molecule has 0 aliphatic rings. The van der Waals surface area contributed by atoms with Gasteiger partial charge in [0, 0.05) is 11.9 Å². The lowest BCUT2D eigenvalue weighted by atomic mass is 9.98. The number of halogens is 4. The van der Waals surface area contributed by atoms with E-state index < -0.39 is 11.7 Å². The fraction of sp³-hybridized carbons (Fsp3) is 0.333. The zero-order valence-electron chi connectivity index (χ0n) is 14.4. The topological polar surface area (TPSA) is 42.0 Å². The van der Waals surface area contributed by atoms with Gasteiger partial charge in [-0.25, -0.2) is 4.98 Å². The van der Waals surface area contributed by atoms with Gasteiger partial charge in [-0.3, -0.25) is 4.79 Å². The lowest BCUT2D eigenvalue weighted by Gasteiger charge is -2.16. The number of pyridine rings is 1. The van der Waals surface area contributed by atoms with Crippen LogP contribution in [0.3, 0.4) is 0 Å². The van der Waals surface area contributed by atoms with Crippen LogP contribution in [-0.2, 0) is 11.0 Å². The van der Waals surface area contributed by atoms with Gasteiger partial charge in [-0.15, -0.1) is 0 Å². The summed E-state index contributed by atoms with van der Waals surface area (Å²) in [6.45, 7) is 5.97. The lowest BCUT2D eigenvalue weighted by molar-refractivity contribution is -0.137. The number of amides is 1. The van der Waals surface area contributed by atoms with Crippen LogP contribution >= 0.6 is 23.4 Å². The van der Waals surface area contributed by atoms with Gasteiger partial charge < -0.3 is 5.32 Å². The Morgan fingerprint density at radius 1 is 1.35 bits per heavy atom. The van der Waals surface area contributed by atoms with E-state index in [2.05, 4.69) is 10.3 Å². The van der Waals surface area contributed by atoms with Crippen LogP contribution in [0.2, 0.25) is 5.02 Å². The second kappa shape index (κ2) is 8.31. The van der Waals surface area contributed by atoms with Crippen LogP contribution in [-0.4, -0.2) is 16.6 Å². The molecule has 0 saturated carbocycles. The maximum atomic E-state index is 12.6.